The largest absolute Gasteiger partial charge is 0.473 e. The molecule has 0 radical (unpaired) electrons. The van der Waals surface area contributed by atoms with Crippen LogP contribution in [0.4, 0.5) is 0 Å². The molecule has 0 aliphatic carbocycles. The van der Waals surface area contributed by atoms with E-state index in [1.807, 2.05) is 18.2 Å². The zero-order chi connectivity index (χ0) is 20.2. The molecule has 0 bridgehead atoms. The number of fused-ring (bicyclic) bond motifs is 1. The molecule has 1 heteroatoms. The fourth-order valence-electron chi connectivity index (χ4n) is 4.10. The summed E-state index contributed by atoms with van der Waals surface area (Å²) < 4.78 is 6.97. The lowest BCUT2D eigenvalue weighted by molar-refractivity contribution is 0.155. The Balaban J connectivity index is 1.76. The van der Waals surface area contributed by atoms with Crippen molar-refractivity contribution in [1.82, 2.24) is 0 Å². The molecule has 0 aliphatic rings. The van der Waals surface area contributed by atoms with Gasteiger partial charge in [-0.1, -0.05) is 121 Å². The third kappa shape index (κ3) is 3.25. The third-order valence-corrected chi connectivity index (χ3v) is 5.53. The Labute approximate surface area is 177 Å². The van der Waals surface area contributed by atoms with Crippen molar-refractivity contribution >= 4 is 10.8 Å². The molecule has 5 rings (SSSR count). The third-order valence-electron chi connectivity index (χ3n) is 5.53. The molecule has 0 saturated heterocycles. The Bertz CT molecular complexity index is 1150. The molecule has 0 fully saturated rings. The summed E-state index contributed by atoms with van der Waals surface area (Å²) in [6.45, 7) is 0. The Morgan fingerprint density at radius 3 is 1.33 bits per heavy atom. The molecule has 5 aromatic carbocycles. The second kappa shape index (κ2) is 7.88. The highest BCUT2D eigenvalue weighted by molar-refractivity contribution is 5.83. The van der Waals surface area contributed by atoms with Crippen molar-refractivity contribution in [2.75, 3.05) is 0 Å². The molecule has 0 aromatic heterocycles. The van der Waals surface area contributed by atoms with Crippen LogP contribution in [0.2, 0.25) is 0 Å². The van der Waals surface area contributed by atoms with Crippen molar-refractivity contribution in [3.63, 3.8) is 0 Å². The van der Waals surface area contributed by atoms with Crippen molar-refractivity contribution in [2.24, 2.45) is 0 Å². The van der Waals surface area contributed by atoms with Gasteiger partial charge in [0, 0.05) is 16.7 Å². The van der Waals surface area contributed by atoms with Crippen LogP contribution < -0.4 is 4.74 Å². The summed E-state index contributed by atoms with van der Waals surface area (Å²) in [6, 6.07) is 46.1. The van der Waals surface area contributed by atoms with Gasteiger partial charge in [-0.05, 0) is 22.9 Å². The number of hydrogen-bond acceptors (Lipinski definition) is 1. The Kier molecular flexibility index (Phi) is 4.78. The topological polar surface area (TPSA) is 9.23 Å². The van der Waals surface area contributed by atoms with Gasteiger partial charge in [-0.2, -0.15) is 0 Å². The first-order valence-corrected chi connectivity index (χ1v) is 10.2. The summed E-state index contributed by atoms with van der Waals surface area (Å²) >= 11 is 0. The summed E-state index contributed by atoms with van der Waals surface area (Å²) in [5, 5.41) is 2.37. The van der Waals surface area contributed by atoms with E-state index < -0.39 is 5.60 Å². The van der Waals surface area contributed by atoms with Crippen LogP contribution in [0.3, 0.4) is 0 Å². The van der Waals surface area contributed by atoms with Gasteiger partial charge in [0.05, 0.1) is 0 Å². The number of rotatable bonds is 5. The van der Waals surface area contributed by atoms with Crippen LogP contribution in [0.1, 0.15) is 16.7 Å². The fourth-order valence-corrected chi connectivity index (χ4v) is 4.10. The normalized spacial score (nSPS) is 11.3. The van der Waals surface area contributed by atoms with E-state index in [2.05, 4.69) is 115 Å². The van der Waals surface area contributed by atoms with Crippen LogP contribution in [-0.4, -0.2) is 0 Å². The van der Waals surface area contributed by atoms with Crippen LogP contribution in [0.5, 0.6) is 5.75 Å². The Morgan fingerprint density at radius 1 is 0.400 bits per heavy atom. The summed E-state index contributed by atoms with van der Waals surface area (Å²) in [4.78, 5) is 0. The van der Waals surface area contributed by atoms with Gasteiger partial charge in [0.2, 0.25) is 0 Å². The van der Waals surface area contributed by atoms with Crippen LogP contribution in [0, 0.1) is 0 Å². The lowest BCUT2D eigenvalue weighted by atomic mass is 9.80. The number of benzene rings is 5. The van der Waals surface area contributed by atoms with Gasteiger partial charge < -0.3 is 4.74 Å². The van der Waals surface area contributed by atoms with E-state index in [0.717, 1.165) is 27.8 Å². The Hall–Kier alpha value is -3.84. The van der Waals surface area contributed by atoms with Crippen LogP contribution in [-0.2, 0) is 5.60 Å². The van der Waals surface area contributed by atoms with E-state index in [0.29, 0.717) is 0 Å². The summed E-state index contributed by atoms with van der Waals surface area (Å²) in [5.41, 5.74) is 2.52. The van der Waals surface area contributed by atoms with E-state index in [9.17, 15) is 0 Å². The standard InChI is InChI=1S/C29H22O/c1-4-14-25(15-5-1)29(26-16-6-2-7-17-26,27-18-8-3-9-19-27)30-28-21-20-23-12-10-11-13-24(23)22-28/h1-22H. The highest BCUT2D eigenvalue weighted by Gasteiger charge is 2.38. The highest BCUT2D eigenvalue weighted by Crippen LogP contribution is 2.41. The van der Waals surface area contributed by atoms with E-state index in [1.165, 1.54) is 5.39 Å². The fraction of sp³-hybridized carbons (Fsp3) is 0.0345. The molecule has 144 valence electrons. The van der Waals surface area contributed by atoms with Gasteiger partial charge >= 0.3 is 0 Å². The van der Waals surface area contributed by atoms with Crippen LogP contribution in [0.15, 0.2) is 133 Å². The van der Waals surface area contributed by atoms with E-state index in [-0.39, 0.29) is 0 Å². The van der Waals surface area contributed by atoms with Gasteiger partial charge in [-0.3, -0.25) is 0 Å². The van der Waals surface area contributed by atoms with Crippen LogP contribution in [0.25, 0.3) is 10.8 Å². The summed E-state index contributed by atoms with van der Waals surface area (Å²) in [7, 11) is 0. The minimum absolute atomic E-state index is 0.758. The maximum atomic E-state index is 6.97. The first-order valence-electron chi connectivity index (χ1n) is 10.2. The average Bonchev–Trinajstić information content (AvgIpc) is 2.84. The van der Waals surface area contributed by atoms with Gasteiger partial charge in [-0.25, -0.2) is 0 Å². The molecular weight excluding hydrogens is 364 g/mol. The minimum Gasteiger partial charge on any atom is -0.473 e. The smallest absolute Gasteiger partial charge is 0.184 e. The SMILES string of the molecule is c1ccc(C(Oc2ccc3ccccc3c2)(c2ccccc2)c2ccccc2)cc1. The monoisotopic (exact) mass is 386 g/mol. The van der Waals surface area contributed by atoms with E-state index in [1.54, 1.807) is 0 Å². The molecule has 0 atom stereocenters. The maximum Gasteiger partial charge on any atom is 0.184 e. The molecule has 0 amide bonds. The van der Waals surface area contributed by atoms with Crippen molar-refractivity contribution < 1.29 is 4.74 Å². The number of hydrogen-bond donors (Lipinski definition) is 0. The molecule has 0 N–H and O–H groups in total. The average molecular weight is 386 g/mol. The molecule has 0 aliphatic heterocycles. The van der Waals surface area contributed by atoms with Gasteiger partial charge in [0.1, 0.15) is 5.75 Å². The van der Waals surface area contributed by atoms with Gasteiger partial charge in [-0.15, -0.1) is 0 Å². The predicted molar refractivity (Wildman–Crippen MR) is 124 cm³/mol. The minimum atomic E-state index is -0.758. The summed E-state index contributed by atoms with van der Waals surface area (Å²) in [5.74, 6) is 0.838. The maximum absolute atomic E-state index is 6.97. The lowest BCUT2D eigenvalue weighted by Crippen LogP contribution is -2.36. The second-order valence-corrected chi connectivity index (χ2v) is 7.39. The number of ether oxygens (including phenoxy) is 1. The summed E-state index contributed by atoms with van der Waals surface area (Å²) in [6.07, 6.45) is 0. The van der Waals surface area contributed by atoms with Crippen molar-refractivity contribution in [3.8, 4) is 5.75 Å². The highest BCUT2D eigenvalue weighted by atomic mass is 16.5. The van der Waals surface area contributed by atoms with Crippen LogP contribution >= 0.6 is 0 Å². The van der Waals surface area contributed by atoms with Gasteiger partial charge in [0.15, 0.2) is 5.60 Å². The Morgan fingerprint density at radius 2 is 0.833 bits per heavy atom. The predicted octanol–water partition coefficient (Wildman–Crippen LogP) is 7.21. The molecule has 5 aromatic rings. The molecule has 1 nitrogen and oxygen atoms in total. The quantitative estimate of drug-likeness (QED) is 0.290. The zero-order valence-corrected chi connectivity index (χ0v) is 16.6. The van der Waals surface area contributed by atoms with Crippen molar-refractivity contribution in [3.05, 3.63) is 150 Å². The molecule has 0 saturated carbocycles. The van der Waals surface area contributed by atoms with Crippen molar-refractivity contribution in [1.29, 1.82) is 0 Å². The van der Waals surface area contributed by atoms with E-state index >= 15 is 0 Å². The molecular formula is C29H22O. The molecule has 0 spiro atoms. The van der Waals surface area contributed by atoms with E-state index in [4.69, 9.17) is 4.74 Å². The second-order valence-electron chi connectivity index (χ2n) is 7.39. The molecule has 0 heterocycles. The zero-order valence-electron chi connectivity index (χ0n) is 16.6. The molecule has 0 unspecified atom stereocenters. The van der Waals surface area contributed by atoms with Gasteiger partial charge in [0.25, 0.3) is 0 Å². The first-order chi connectivity index (χ1) is 14.9. The van der Waals surface area contributed by atoms with Crippen molar-refractivity contribution in [2.45, 2.75) is 5.60 Å². The molecule has 30 heavy (non-hydrogen) atoms. The lowest BCUT2D eigenvalue weighted by Gasteiger charge is -2.36. The first kappa shape index (κ1) is 18.2.